The van der Waals surface area contributed by atoms with Crippen molar-refractivity contribution in [3.63, 3.8) is 0 Å². The normalized spacial score (nSPS) is 10.1. The van der Waals surface area contributed by atoms with E-state index in [4.69, 9.17) is 5.11 Å². The van der Waals surface area contributed by atoms with Crippen LogP contribution in [0.15, 0.2) is 18.9 Å². The van der Waals surface area contributed by atoms with E-state index in [1.807, 2.05) is 6.08 Å². The van der Waals surface area contributed by atoms with Gasteiger partial charge in [-0.3, -0.25) is 4.68 Å². The van der Waals surface area contributed by atoms with E-state index in [1.54, 1.807) is 0 Å². The van der Waals surface area contributed by atoms with E-state index >= 15 is 0 Å². The minimum absolute atomic E-state index is 0.0268. The third-order valence-electron chi connectivity index (χ3n) is 1.80. The van der Waals surface area contributed by atoms with Gasteiger partial charge in [-0.25, -0.2) is 4.79 Å². The molecular weight excluding hydrogens is 196 g/mol. The molecule has 0 aliphatic carbocycles. The van der Waals surface area contributed by atoms with Gasteiger partial charge in [-0.05, 0) is 13.0 Å². The number of carbonyl (C=O) groups is 1. The van der Waals surface area contributed by atoms with Crippen molar-refractivity contribution >= 4 is 5.97 Å². The lowest BCUT2D eigenvalue weighted by atomic mass is 10.4. The lowest BCUT2D eigenvalue weighted by Gasteiger charge is -2.01. The Balaban J connectivity index is 2.25. The highest BCUT2D eigenvalue weighted by atomic mass is 16.4. The van der Waals surface area contributed by atoms with Crippen molar-refractivity contribution < 1.29 is 9.90 Å². The molecule has 1 aromatic heterocycles. The lowest BCUT2D eigenvalue weighted by Crippen LogP contribution is -2.20. The molecule has 0 atom stereocenters. The molecule has 0 radical (unpaired) electrons. The van der Waals surface area contributed by atoms with E-state index in [9.17, 15) is 4.79 Å². The summed E-state index contributed by atoms with van der Waals surface area (Å²) < 4.78 is 1.50. The van der Waals surface area contributed by atoms with Crippen LogP contribution in [0.3, 0.4) is 0 Å². The molecule has 1 heterocycles. The molecule has 0 fully saturated rings. The maximum atomic E-state index is 10.5. The molecule has 0 bridgehead atoms. The smallest absolute Gasteiger partial charge is 0.358 e. The molecule has 82 valence electrons. The summed E-state index contributed by atoms with van der Waals surface area (Å²) in [6, 6.07) is 0. The molecule has 0 saturated carbocycles. The van der Waals surface area contributed by atoms with Crippen molar-refractivity contribution in [2.24, 2.45) is 0 Å². The van der Waals surface area contributed by atoms with Crippen LogP contribution in [-0.4, -0.2) is 39.2 Å². The average Bonchev–Trinajstić information content (AvgIpc) is 2.66. The summed E-state index contributed by atoms with van der Waals surface area (Å²) in [6.07, 6.45) is 4.17. The molecule has 0 spiro atoms. The van der Waals surface area contributed by atoms with Gasteiger partial charge in [-0.2, -0.15) is 0 Å². The minimum Gasteiger partial charge on any atom is -0.476 e. The number of carboxylic acid groups (broad SMARTS) is 1. The van der Waals surface area contributed by atoms with Gasteiger partial charge in [0, 0.05) is 6.54 Å². The maximum Gasteiger partial charge on any atom is 0.358 e. The molecule has 0 aliphatic rings. The second-order valence-electron chi connectivity index (χ2n) is 3.00. The Kier molecular flexibility index (Phi) is 4.49. The third-order valence-corrected chi connectivity index (χ3v) is 1.80. The first-order valence-electron chi connectivity index (χ1n) is 4.69. The molecule has 0 aliphatic heterocycles. The molecule has 0 amide bonds. The fourth-order valence-corrected chi connectivity index (χ4v) is 1.03. The van der Waals surface area contributed by atoms with Crippen LogP contribution in [0.2, 0.25) is 0 Å². The number of nitrogens with one attached hydrogen (secondary N) is 1. The largest absolute Gasteiger partial charge is 0.476 e. The van der Waals surface area contributed by atoms with Crippen molar-refractivity contribution in [2.75, 3.05) is 13.1 Å². The number of rotatable bonds is 7. The summed E-state index contributed by atoms with van der Waals surface area (Å²) in [4.78, 5) is 10.5. The number of aromatic carboxylic acids is 1. The first kappa shape index (κ1) is 11.4. The van der Waals surface area contributed by atoms with Crippen LogP contribution in [-0.2, 0) is 6.54 Å². The Hall–Kier alpha value is -1.69. The van der Waals surface area contributed by atoms with Gasteiger partial charge in [0.15, 0.2) is 5.69 Å². The van der Waals surface area contributed by atoms with E-state index in [-0.39, 0.29) is 5.69 Å². The number of hydrogen-bond acceptors (Lipinski definition) is 4. The zero-order chi connectivity index (χ0) is 11.1. The molecule has 0 unspecified atom stereocenters. The maximum absolute atomic E-state index is 10.5. The number of aromatic nitrogens is 3. The second-order valence-corrected chi connectivity index (χ2v) is 3.00. The van der Waals surface area contributed by atoms with Crippen molar-refractivity contribution in [1.82, 2.24) is 20.3 Å². The van der Waals surface area contributed by atoms with Crippen LogP contribution in [0.4, 0.5) is 0 Å². The molecule has 6 nitrogen and oxygen atoms in total. The van der Waals surface area contributed by atoms with Gasteiger partial charge in [0.25, 0.3) is 0 Å². The standard InChI is InChI=1S/C9H14N4O2/c1-2-3-4-10-5-6-13-7-8(9(14)15)11-12-13/h2,7,10H,1,3-6H2,(H,14,15). The van der Waals surface area contributed by atoms with E-state index in [1.165, 1.54) is 10.9 Å². The Morgan fingerprint density at radius 1 is 1.67 bits per heavy atom. The number of carboxylic acids is 1. The zero-order valence-electron chi connectivity index (χ0n) is 8.39. The van der Waals surface area contributed by atoms with Crippen LogP contribution < -0.4 is 5.32 Å². The second kappa shape index (κ2) is 5.92. The summed E-state index contributed by atoms with van der Waals surface area (Å²) in [5.74, 6) is -1.05. The van der Waals surface area contributed by atoms with Crippen molar-refractivity contribution in [3.05, 3.63) is 24.5 Å². The molecule has 0 aromatic carbocycles. The predicted octanol–water partition coefficient (Wildman–Crippen LogP) is 0.142. The molecule has 15 heavy (non-hydrogen) atoms. The van der Waals surface area contributed by atoms with E-state index in [0.29, 0.717) is 6.54 Å². The summed E-state index contributed by atoms with van der Waals surface area (Å²) >= 11 is 0. The van der Waals surface area contributed by atoms with E-state index in [0.717, 1.165) is 19.5 Å². The molecular formula is C9H14N4O2. The van der Waals surface area contributed by atoms with Gasteiger partial charge >= 0.3 is 5.97 Å². The minimum atomic E-state index is -1.05. The fourth-order valence-electron chi connectivity index (χ4n) is 1.03. The topological polar surface area (TPSA) is 80.0 Å². The van der Waals surface area contributed by atoms with E-state index < -0.39 is 5.97 Å². The summed E-state index contributed by atoms with van der Waals surface area (Å²) in [5, 5.41) is 18.9. The van der Waals surface area contributed by atoms with Gasteiger partial charge in [0.2, 0.25) is 0 Å². The van der Waals surface area contributed by atoms with Crippen LogP contribution in [0.5, 0.6) is 0 Å². The predicted molar refractivity (Wildman–Crippen MR) is 54.7 cm³/mol. The molecule has 6 heteroatoms. The van der Waals surface area contributed by atoms with Crippen LogP contribution >= 0.6 is 0 Å². The van der Waals surface area contributed by atoms with Gasteiger partial charge in [0.1, 0.15) is 0 Å². The van der Waals surface area contributed by atoms with Crippen LogP contribution in [0.1, 0.15) is 16.9 Å². The highest BCUT2D eigenvalue weighted by Crippen LogP contribution is 1.91. The summed E-state index contributed by atoms with van der Waals surface area (Å²) in [5.41, 5.74) is -0.0268. The third kappa shape index (κ3) is 3.90. The number of hydrogen-bond donors (Lipinski definition) is 2. The lowest BCUT2D eigenvalue weighted by molar-refractivity contribution is 0.0690. The van der Waals surface area contributed by atoms with Gasteiger partial charge in [0.05, 0.1) is 12.7 Å². The Morgan fingerprint density at radius 3 is 3.07 bits per heavy atom. The molecule has 1 rings (SSSR count). The van der Waals surface area contributed by atoms with Gasteiger partial charge in [-0.15, -0.1) is 11.7 Å². The van der Waals surface area contributed by atoms with Crippen molar-refractivity contribution in [2.45, 2.75) is 13.0 Å². The Labute approximate surface area is 87.6 Å². The summed E-state index contributed by atoms with van der Waals surface area (Å²) in [7, 11) is 0. The van der Waals surface area contributed by atoms with Crippen molar-refractivity contribution in [1.29, 1.82) is 0 Å². The van der Waals surface area contributed by atoms with Crippen LogP contribution in [0.25, 0.3) is 0 Å². The Bertz CT molecular complexity index is 335. The van der Waals surface area contributed by atoms with E-state index in [2.05, 4.69) is 22.2 Å². The summed E-state index contributed by atoms with van der Waals surface area (Å²) in [6.45, 7) is 5.81. The average molecular weight is 210 g/mol. The SMILES string of the molecule is C=CCCNCCn1cc(C(=O)O)nn1. The molecule has 1 aromatic rings. The highest BCUT2D eigenvalue weighted by molar-refractivity contribution is 5.84. The zero-order valence-corrected chi connectivity index (χ0v) is 8.39. The van der Waals surface area contributed by atoms with Gasteiger partial charge < -0.3 is 10.4 Å². The number of nitrogens with zero attached hydrogens (tertiary/aromatic N) is 3. The quantitative estimate of drug-likeness (QED) is 0.494. The first-order chi connectivity index (χ1) is 7.24. The van der Waals surface area contributed by atoms with Gasteiger partial charge in [-0.1, -0.05) is 11.3 Å². The fraction of sp³-hybridized carbons (Fsp3) is 0.444. The molecule has 0 saturated heterocycles. The van der Waals surface area contributed by atoms with Crippen molar-refractivity contribution in [3.8, 4) is 0 Å². The molecule has 2 N–H and O–H groups in total. The van der Waals surface area contributed by atoms with Crippen LogP contribution in [0, 0.1) is 0 Å². The Morgan fingerprint density at radius 2 is 2.47 bits per heavy atom. The highest BCUT2D eigenvalue weighted by Gasteiger charge is 2.07. The first-order valence-corrected chi connectivity index (χ1v) is 4.69. The monoisotopic (exact) mass is 210 g/mol.